The minimum Gasteiger partial charge on any atom is -0.456 e. The number of aromatic nitrogens is 3. The van der Waals surface area contributed by atoms with E-state index in [1.807, 2.05) is 72.0 Å². The average molecular weight is 732 g/mol. The van der Waals surface area contributed by atoms with E-state index >= 15 is 0 Å². The van der Waals surface area contributed by atoms with Gasteiger partial charge in [-0.1, -0.05) is 121 Å². The van der Waals surface area contributed by atoms with Gasteiger partial charge in [-0.25, -0.2) is 15.0 Å². The summed E-state index contributed by atoms with van der Waals surface area (Å²) in [4.78, 5) is 15.3. The van der Waals surface area contributed by atoms with E-state index < -0.39 is 0 Å². The SMILES string of the molecule is c1ccc(-c2nc(-c3ccc4oc5ccccc5c4c3)nc(-c3ccc4c5cc(-c6ccc7sc8ccccc8c7c6)ccc5c5ccccc5c4c3)n2)cc1. The molecular weight excluding hydrogens is 703 g/mol. The van der Waals surface area contributed by atoms with Gasteiger partial charge in [-0.15, -0.1) is 11.3 Å². The van der Waals surface area contributed by atoms with Crippen LogP contribution in [0.3, 0.4) is 0 Å². The zero-order chi connectivity index (χ0) is 36.7. The van der Waals surface area contributed by atoms with Crippen LogP contribution >= 0.6 is 11.3 Å². The lowest BCUT2D eigenvalue weighted by Gasteiger charge is -2.14. The van der Waals surface area contributed by atoms with Gasteiger partial charge in [0.1, 0.15) is 11.2 Å². The lowest BCUT2D eigenvalue weighted by molar-refractivity contribution is 0.669. The number of furan rings is 1. The van der Waals surface area contributed by atoms with Crippen molar-refractivity contribution in [3.8, 4) is 45.3 Å². The number of hydrogen-bond donors (Lipinski definition) is 0. The Morgan fingerprint density at radius 3 is 1.52 bits per heavy atom. The maximum atomic E-state index is 6.14. The van der Waals surface area contributed by atoms with Crippen LogP contribution in [0.15, 0.2) is 180 Å². The highest BCUT2D eigenvalue weighted by molar-refractivity contribution is 7.25. The first-order valence-electron chi connectivity index (χ1n) is 18.8. The number of fused-ring (bicyclic) bond motifs is 12. The number of nitrogens with zero attached hydrogens (tertiary/aromatic N) is 3. The quantitative estimate of drug-likeness (QED) is 0.169. The standard InChI is InChI=1S/C51H29N3OS/c1-2-10-30(11-3-1)49-52-50(54-51(53-49)34-20-24-46-43(29-34)39-14-6-8-16-45(39)55-46)33-19-23-38-41-26-31(18-22-37(41)35-12-4-5-13-36(35)42(38)28-33)32-21-25-48-44(27-32)40-15-7-9-17-47(40)56-48/h1-29H. The highest BCUT2D eigenvalue weighted by Gasteiger charge is 2.17. The summed E-state index contributed by atoms with van der Waals surface area (Å²) in [6.07, 6.45) is 0. The van der Waals surface area contributed by atoms with E-state index in [0.29, 0.717) is 17.5 Å². The Kier molecular flexibility index (Phi) is 6.76. The van der Waals surface area contributed by atoms with Crippen molar-refractivity contribution in [1.29, 1.82) is 0 Å². The third kappa shape index (κ3) is 4.88. The fourth-order valence-corrected chi connectivity index (χ4v) is 9.48. The predicted octanol–water partition coefficient (Wildman–Crippen LogP) is 14.3. The molecule has 12 aromatic rings. The van der Waals surface area contributed by atoms with Gasteiger partial charge in [0, 0.05) is 47.6 Å². The molecule has 0 aliphatic carbocycles. The molecule has 9 aromatic carbocycles. The zero-order valence-electron chi connectivity index (χ0n) is 29.9. The zero-order valence-corrected chi connectivity index (χ0v) is 30.7. The van der Waals surface area contributed by atoms with Crippen molar-refractivity contribution in [2.75, 3.05) is 0 Å². The molecule has 0 aliphatic rings. The van der Waals surface area contributed by atoms with Crippen LogP contribution in [-0.4, -0.2) is 15.0 Å². The number of hydrogen-bond acceptors (Lipinski definition) is 5. The molecule has 56 heavy (non-hydrogen) atoms. The fraction of sp³-hybridized carbons (Fsp3) is 0. The average Bonchev–Trinajstić information content (AvgIpc) is 3.84. The van der Waals surface area contributed by atoms with E-state index in [2.05, 4.69) is 115 Å². The number of benzene rings is 9. The van der Waals surface area contributed by atoms with Gasteiger partial charge >= 0.3 is 0 Å². The molecule has 0 N–H and O–H groups in total. The Bertz CT molecular complexity index is 3550. The third-order valence-electron chi connectivity index (χ3n) is 11.1. The van der Waals surface area contributed by atoms with Gasteiger partial charge in [-0.2, -0.15) is 0 Å². The summed E-state index contributed by atoms with van der Waals surface area (Å²) in [5.74, 6) is 1.87. The Morgan fingerprint density at radius 1 is 0.286 bits per heavy atom. The molecule has 5 heteroatoms. The predicted molar refractivity (Wildman–Crippen MR) is 234 cm³/mol. The van der Waals surface area contributed by atoms with E-state index in [9.17, 15) is 0 Å². The van der Waals surface area contributed by atoms with Crippen molar-refractivity contribution in [3.05, 3.63) is 176 Å². The van der Waals surface area contributed by atoms with Gasteiger partial charge in [0.25, 0.3) is 0 Å². The molecule has 0 radical (unpaired) electrons. The van der Waals surface area contributed by atoms with Crippen LogP contribution in [-0.2, 0) is 0 Å². The van der Waals surface area contributed by atoms with Crippen molar-refractivity contribution in [2.24, 2.45) is 0 Å². The Balaban J connectivity index is 1.05. The summed E-state index contributed by atoms with van der Waals surface area (Å²) in [5, 5.41) is 12.0. The molecule has 4 nitrogen and oxygen atoms in total. The normalized spacial score (nSPS) is 11.9. The van der Waals surface area contributed by atoms with Gasteiger partial charge in [-0.05, 0) is 98.0 Å². The van der Waals surface area contributed by atoms with Crippen LogP contribution in [0.1, 0.15) is 0 Å². The lowest BCUT2D eigenvalue weighted by Crippen LogP contribution is -2.00. The fourth-order valence-electron chi connectivity index (χ4n) is 8.40. The molecule has 260 valence electrons. The topological polar surface area (TPSA) is 51.8 Å². The first kappa shape index (κ1) is 31.2. The van der Waals surface area contributed by atoms with E-state index in [0.717, 1.165) is 44.0 Å². The molecule has 0 saturated heterocycles. The molecule has 3 heterocycles. The van der Waals surface area contributed by atoms with Crippen LogP contribution in [0, 0.1) is 0 Å². The second-order valence-electron chi connectivity index (χ2n) is 14.4. The largest absolute Gasteiger partial charge is 0.456 e. The van der Waals surface area contributed by atoms with Gasteiger partial charge in [-0.3, -0.25) is 0 Å². The summed E-state index contributed by atoms with van der Waals surface area (Å²) in [6.45, 7) is 0. The van der Waals surface area contributed by atoms with Crippen LogP contribution < -0.4 is 0 Å². The Morgan fingerprint density at radius 2 is 0.750 bits per heavy atom. The van der Waals surface area contributed by atoms with Gasteiger partial charge in [0.05, 0.1) is 0 Å². The number of thiophene rings is 1. The van der Waals surface area contributed by atoms with E-state index in [4.69, 9.17) is 19.4 Å². The van der Waals surface area contributed by atoms with E-state index in [1.165, 1.54) is 58.2 Å². The van der Waals surface area contributed by atoms with Crippen LogP contribution in [0.5, 0.6) is 0 Å². The maximum Gasteiger partial charge on any atom is 0.164 e. The highest BCUT2D eigenvalue weighted by atomic mass is 32.1. The molecule has 0 amide bonds. The Labute approximate surface area is 325 Å². The van der Waals surface area contributed by atoms with Gasteiger partial charge in [0.2, 0.25) is 0 Å². The maximum absolute atomic E-state index is 6.14. The summed E-state index contributed by atoms with van der Waals surface area (Å²) >= 11 is 1.85. The second-order valence-corrected chi connectivity index (χ2v) is 15.4. The lowest BCUT2D eigenvalue weighted by atomic mass is 9.91. The molecule has 0 spiro atoms. The molecule has 0 bridgehead atoms. The molecule has 12 rings (SSSR count). The van der Waals surface area contributed by atoms with Gasteiger partial charge < -0.3 is 4.42 Å². The van der Waals surface area contributed by atoms with Crippen molar-refractivity contribution < 1.29 is 4.42 Å². The second kappa shape index (κ2) is 12.2. The van der Waals surface area contributed by atoms with Crippen molar-refractivity contribution >= 4 is 85.8 Å². The Hall–Kier alpha value is -7.21. The molecule has 3 aromatic heterocycles. The monoisotopic (exact) mass is 731 g/mol. The number of para-hydroxylation sites is 1. The van der Waals surface area contributed by atoms with E-state index in [-0.39, 0.29) is 0 Å². The first-order valence-corrected chi connectivity index (χ1v) is 19.6. The summed E-state index contributed by atoms with van der Waals surface area (Å²) in [7, 11) is 0. The van der Waals surface area contributed by atoms with Gasteiger partial charge in [0.15, 0.2) is 17.5 Å². The first-order chi connectivity index (χ1) is 27.7. The third-order valence-corrected chi connectivity index (χ3v) is 12.3. The molecular formula is C51H29N3OS. The van der Waals surface area contributed by atoms with Crippen molar-refractivity contribution in [1.82, 2.24) is 15.0 Å². The molecule has 0 atom stereocenters. The van der Waals surface area contributed by atoms with Crippen molar-refractivity contribution in [3.63, 3.8) is 0 Å². The number of rotatable bonds is 4. The van der Waals surface area contributed by atoms with Crippen LogP contribution in [0.4, 0.5) is 0 Å². The van der Waals surface area contributed by atoms with Crippen LogP contribution in [0.25, 0.3) is 120 Å². The molecule has 0 unspecified atom stereocenters. The molecule has 0 fully saturated rings. The molecule has 0 aliphatic heterocycles. The van der Waals surface area contributed by atoms with Crippen LogP contribution in [0.2, 0.25) is 0 Å². The summed E-state index contributed by atoms with van der Waals surface area (Å²) in [5.41, 5.74) is 6.89. The summed E-state index contributed by atoms with van der Waals surface area (Å²) < 4.78 is 8.78. The smallest absolute Gasteiger partial charge is 0.164 e. The highest BCUT2D eigenvalue weighted by Crippen LogP contribution is 2.41. The minimum absolute atomic E-state index is 0.615. The van der Waals surface area contributed by atoms with E-state index in [1.54, 1.807) is 0 Å². The minimum atomic E-state index is 0.615. The van der Waals surface area contributed by atoms with Crippen molar-refractivity contribution in [2.45, 2.75) is 0 Å². The molecule has 0 saturated carbocycles. The summed E-state index contributed by atoms with van der Waals surface area (Å²) in [6, 6.07) is 62.3.